The van der Waals surface area contributed by atoms with Crippen molar-refractivity contribution in [3.8, 4) is 0 Å². The summed E-state index contributed by atoms with van der Waals surface area (Å²) < 4.78 is 5.03. The molecule has 1 aliphatic rings. The van der Waals surface area contributed by atoms with E-state index in [1.165, 1.54) is 0 Å². The Hall–Kier alpha value is -2.04. The third-order valence-corrected chi connectivity index (χ3v) is 4.15. The van der Waals surface area contributed by atoms with Gasteiger partial charge in [-0.15, -0.1) is 0 Å². The average Bonchev–Trinajstić information content (AvgIpc) is 3.06. The summed E-state index contributed by atoms with van der Waals surface area (Å²) in [6, 6.07) is 9.39. The van der Waals surface area contributed by atoms with Crippen molar-refractivity contribution in [3.05, 3.63) is 35.9 Å². The molecule has 2 N–H and O–H groups in total. The largest absolute Gasteiger partial charge is 0.479 e. The molecule has 1 aromatic carbocycles. The van der Waals surface area contributed by atoms with Gasteiger partial charge in [0.05, 0.1) is 6.61 Å². The Morgan fingerprint density at radius 3 is 2.57 bits per heavy atom. The Kier molecular flexibility index (Phi) is 4.50. The molecular formula is C16H21NO4. The van der Waals surface area contributed by atoms with E-state index in [0.717, 1.165) is 18.4 Å². The molecule has 0 radical (unpaired) electrons. The van der Waals surface area contributed by atoms with E-state index < -0.39 is 17.6 Å². The van der Waals surface area contributed by atoms with Crippen molar-refractivity contribution in [2.45, 2.75) is 38.1 Å². The minimum atomic E-state index is -1.26. The summed E-state index contributed by atoms with van der Waals surface area (Å²) >= 11 is 0. The molecule has 2 rings (SSSR count). The summed E-state index contributed by atoms with van der Waals surface area (Å²) in [7, 11) is 0. The maximum Gasteiger partial charge on any atom is 0.408 e. The molecule has 1 amide bonds. The number of alkyl carbamates (subject to hydrolysis) is 1. The number of carboxylic acids is 1. The lowest BCUT2D eigenvalue weighted by atomic mass is 10.1. The molecule has 5 nitrogen and oxygen atoms in total. The summed E-state index contributed by atoms with van der Waals surface area (Å²) in [6.07, 6.45) is 1.03. The minimum Gasteiger partial charge on any atom is -0.479 e. The van der Waals surface area contributed by atoms with Gasteiger partial charge in [0, 0.05) is 11.8 Å². The van der Waals surface area contributed by atoms with Gasteiger partial charge in [0.15, 0.2) is 5.54 Å². The number of hydrogen-bond acceptors (Lipinski definition) is 3. The van der Waals surface area contributed by atoms with Gasteiger partial charge in [-0.3, -0.25) is 0 Å². The minimum absolute atomic E-state index is 0.170. The van der Waals surface area contributed by atoms with Crippen molar-refractivity contribution in [1.29, 1.82) is 0 Å². The summed E-state index contributed by atoms with van der Waals surface area (Å²) in [5.41, 5.74) is -0.341. The van der Waals surface area contributed by atoms with Gasteiger partial charge in [-0.1, -0.05) is 50.6 Å². The number of carbonyl (C=O) groups excluding carboxylic acids is 1. The Morgan fingerprint density at radius 1 is 1.33 bits per heavy atom. The van der Waals surface area contributed by atoms with E-state index in [9.17, 15) is 14.7 Å². The normalized spacial score (nSPS) is 27.0. The maximum atomic E-state index is 11.8. The van der Waals surface area contributed by atoms with Gasteiger partial charge in [0.2, 0.25) is 0 Å². The average molecular weight is 291 g/mol. The Bertz CT molecular complexity index is 516. The number of aliphatic carboxylic acids is 1. The van der Waals surface area contributed by atoms with Crippen LogP contribution in [0.4, 0.5) is 4.79 Å². The van der Waals surface area contributed by atoms with Crippen molar-refractivity contribution >= 4 is 12.1 Å². The van der Waals surface area contributed by atoms with E-state index in [1.807, 2.05) is 44.2 Å². The van der Waals surface area contributed by atoms with Crippen LogP contribution in [0.25, 0.3) is 0 Å². The smallest absolute Gasteiger partial charge is 0.408 e. The van der Waals surface area contributed by atoms with E-state index in [1.54, 1.807) is 0 Å². The van der Waals surface area contributed by atoms with Crippen molar-refractivity contribution < 1.29 is 19.4 Å². The number of rotatable bonds is 6. The molecule has 1 aliphatic carbocycles. The Balaban J connectivity index is 2.09. The van der Waals surface area contributed by atoms with E-state index in [0.29, 0.717) is 6.61 Å². The summed E-state index contributed by atoms with van der Waals surface area (Å²) in [6.45, 7) is 4.13. The van der Waals surface area contributed by atoms with Crippen LogP contribution in [0.3, 0.4) is 0 Å². The maximum absolute atomic E-state index is 11.8. The Morgan fingerprint density at radius 2 is 2.00 bits per heavy atom. The fourth-order valence-electron chi connectivity index (χ4n) is 2.86. The van der Waals surface area contributed by atoms with Crippen molar-refractivity contribution in [3.63, 3.8) is 0 Å². The summed E-state index contributed by atoms with van der Waals surface area (Å²) in [5.74, 6) is -1.41. The second-order valence-corrected chi connectivity index (χ2v) is 5.47. The second kappa shape index (κ2) is 6.16. The van der Waals surface area contributed by atoms with Gasteiger partial charge in [0.25, 0.3) is 0 Å². The molecular weight excluding hydrogens is 270 g/mol. The molecule has 0 aliphatic heterocycles. The van der Waals surface area contributed by atoms with Crippen LogP contribution in [0.2, 0.25) is 0 Å². The van der Waals surface area contributed by atoms with Gasteiger partial charge < -0.3 is 15.2 Å². The lowest BCUT2D eigenvalue weighted by molar-refractivity contribution is -0.141. The molecule has 0 spiro atoms. The monoisotopic (exact) mass is 291 g/mol. The van der Waals surface area contributed by atoms with Crippen LogP contribution >= 0.6 is 0 Å². The third kappa shape index (κ3) is 2.86. The number of carbonyl (C=O) groups is 2. The van der Waals surface area contributed by atoms with Gasteiger partial charge in [0.1, 0.15) is 0 Å². The van der Waals surface area contributed by atoms with Crippen LogP contribution in [0.1, 0.15) is 38.2 Å². The molecule has 21 heavy (non-hydrogen) atoms. The van der Waals surface area contributed by atoms with Crippen LogP contribution < -0.4 is 5.32 Å². The first-order valence-corrected chi connectivity index (χ1v) is 7.27. The van der Waals surface area contributed by atoms with Crippen LogP contribution in [0.15, 0.2) is 30.3 Å². The molecule has 114 valence electrons. The predicted molar refractivity (Wildman–Crippen MR) is 78.1 cm³/mol. The molecule has 0 saturated heterocycles. The summed E-state index contributed by atoms with van der Waals surface area (Å²) in [5, 5.41) is 12.1. The number of nitrogens with one attached hydrogen (secondary N) is 1. The van der Waals surface area contributed by atoms with Gasteiger partial charge >= 0.3 is 12.1 Å². The van der Waals surface area contributed by atoms with Crippen LogP contribution in [0.5, 0.6) is 0 Å². The highest BCUT2D eigenvalue weighted by molar-refractivity contribution is 5.90. The fraction of sp³-hybridized carbons (Fsp3) is 0.500. The van der Waals surface area contributed by atoms with Gasteiger partial charge in [-0.25, -0.2) is 9.59 Å². The molecule has 3 atom stereocenters. The first kappa shape index (κ1) is 15.4. The number of unbranched alkanes of at least 4 members (excludes halogenated alkanes) is 1. The first-order chi connectivity index (χ1) is 10.0. The highest BCUT2D eigenvalue weighted by Gasteiger charge is 2.69. The first-order valence-electron chi connectivity index (χ1n) is 7.27. The molecule has 1 aromatic rings. The SMILES string of the molecule is CCCCOC(=O)NC1(C(=O)O)C(C)C1c1ccccc1. The molecule has 5 heteroatoms. The summed E-state index contributed by atoms with van der Waals surface area (Å²) in [4.78, 5) is 23.5. The van der Waals surface area contributed by atoms with Crippen molar-refractivity contribution in [1.82, 2.24) is 5.32 Å². The number of benzene rings is 1. The topological polar surface area (TPSA) is 75.6 Å². The fourth-order valence-corrected chi connectivity index (χ4v) is 2.86. The zero-order chi connectivity index (χ0) is 15.5. The van der Waals surface area contributed by atoms with E-state index >= 15 is 0 Å². The van der Waals surface area contributed by atoms with Crippen LogP contribution in [-0.2, 0) is 9.53 Å². The van der Waals surface area contributed by atoms with Gasteiger partial charge in [-0.2, -0.15) is 0 Å². The molecule has 1 fully saturated rings. The van der Waals surface area contributed by atoms with E-state index in [4.69, 9.17) is 4.74 Å². The molecule has 0 aromatic heterocycles. The molecule has 3 unspecified atom stereocenters. The van der Waals surface area contributed by atoms with Crippen LogP contribution in [-0.4, -0.2) is 29.3 Å². The molecule has 1 saturated carbocycles. The lowest BCUT2D eigenvalue weighted by Gasteiger charge is -2.15. The molecule has 0 bridgehead atoms. The number of ether oxygens (including phenoxy) is 1. The predicted octanol–water partition coefficient (Wildman–Crippen LogP) is 2.77. The zero-order valence-corrected chi connectivity index (χ0v) is 12.3. The number of carboxylic acid groups (broad SMARTS) is 1. The lowest BCUT2D eigenvalue weighted by Crippen LogP contribution is -2.46. The zero-order valence-electron chi connectivity index (χ0n) is 12.3. The van der Waals surface area contributed by atoms with E-state index in [-0.39, 0.29) is 11.8 Å². The van der Waals surface area contributed by atoms with Crippen molar-refractivity contribution in [2.75, 3.05) is 6.61 Å². The van der Waals surface area contributed by atoms with Crippen LogP contribution in [0, 0.1) is 5.92 Å². The number of amides is 1. The van der Waals surface area contributed by atoms with E-state index in [2.05, 4.69) is 5.32 Å². The Labute approximate surface area is 124 Å². The quantitative estimate of drug-likeness (QED) is 0.790. The third-order valence-electron chi connectivity index (χ3n) is 4.15. The standard InChI is InChI=1S/C16H21NO4/c1-3-4-10-21-15(20)17-16(14(18)19)11(2)13(16)12-8-6-5-7-9-12/h5-9,11,13H,3-4,10H2,1-2H3,(H,17,20)(H,18,19). The molecule has 0 heterocycles. The second-order valence-electron chi connectivity index (χ2n) is 5.47. The van der Waals surface area contributed by atoms with Gasteiger partial charge in [-0.05, 0) is 12.0 Å². The van der Waals surface area contributed by atoms with Crippen molar-refractivity contribution in [2.24, 2.45) is 5.92 Å². The highest BCUT2D eigenvalue weighted by Crippen LogP contribution is 2.57. The highest BCUT2D eigenvalue weighted by atomic mass is 16.5. The number of hydrogen-bond donors (Lipinski definition) is 2.